The number of aryl methyl sites for hydroxylation is 2. The topological polar surface area (TPSA) is 45.2 Å². The number of carbonyl (C=O) groups is 1. The molecule has 0 radical (unpaired) electrons. The molecular weight excluding hydrogens is 322 g/mol. The lowest BCUT2D eigenvalue weighted by Crippen LogP contribution is -2.18. The molecule has 0 aliphatic rings. The van der Waals surface area contributed by atoms with Crippen molar-refractivity contribution in [2.45, 2.75) is 20.4 Å². The summed E-state index contributed by atoms with van der Waals surface area (Å²) in [6, 6.07) is 19.8. The Balaban J connectivity index is 1.65. The second-order valence-corrected chi connectivity index (χ2v) is 6.50. The van der Waals surface area contributed by atoms with E-state index in [0.29, 0.717) is 11.3 Å². The van der Waals surface area contributed by atoms with Crippen molar-refractivity contribution >= 4 is 17.4 Å². The molecule has 1 amide bonds. The fraction of sp³-hybridized carbons (Fsp3) is 0.182. The lowest BCUT2D eigenvalue weighted by Gasteiger charge is -2.18. The summed E-state index contributed by atoms with van der Waals surface area (Å²) in [5, 5.41) is 2.90. The van der Waals surface area contributed by atoms with Gasteiger partial charge in [0, 0.05) is 19.2 Å². The first-order chi connectivity index (χ1) is 12.5. The number of hydrogen-bond donors (Lipinski definition) is 1. The van der Waals surface area contributed by atoms with E-state index in [-0.39, 0.29) is 5.91 Å². The number of benzene rings is 2. The third-order valence-corrected chi connectivity index (χ3v) is 4.43. The average molecular weight is 345 g/mol. The second-order valence-electron chi connectivity index (χ2n) is 6.50. The van der Waals surface area contributed by atoms with Gasteiger partial charge in [0.15, 0.2) is 0 Å². The maximum absolute atomic E-state index is 12.4. The van der Waals surface area contributed by atoms with Crippen LogP contribution < -0.4 is 10.2 Å². The molecule has 0 unspecified atom stereocenters. The molecule has 132 valence electrons. The Bertz CT molecular complexity index is 889. The van der Waals surface area contributed by atoms with Crippen molar-refractivity contribution in [1.82, 2.24) is 4.98 Å². The zero-order valence-corrected chi connectivity index (χ0v) is 15.4. The van der Waals surface area contributed by atoms with Crippen LogP contribution in [0, 0.1) is 13.8 Å². The van der Waals surface area contributed by atoms with Gasteiger partial charge in [0.25, 0.3) is 5.91 Å². The van der Waals surface area contributed by atoms with Crippen LogP contribution >= 0.6 is 0 Å². The summed E-state index contributed by atoms with van der Waals surface area (Å²) in [5.74, 6) is 0.735. The van der Waals surface area contributed by atoms with Crippen LogP contribution in [0.5, 0.6) is 0 Å². The molecule has 0 bridgehead atoms. The molecule has 1 heterocycles. The van der Waals surface area contributed by atoms with Crippen LogP contribution in [0.3, 0.4) is 0 Å². The number of hydrogen-bond acceptors (Lipinski definition) is 3. The number of nitrogens with one attached hydrogen (secondary N) is 1. The highest BCUT2D eigenvalue weighted by atomic mass is 16.1. The second kappa shape index (κ2) is 7.83. The molecule has 3 aromatic rings. The number of rotatable bonds is 5. The predicted octanol–water partition coefficient (Wildman–Crippen LogP) is 4.59. The van der Waals surface area contributed by atoms with E-state index in [1.807, 2.05) is 69.4 Å². The largest absolute Gasteiger partial charge is 0.355 e. The van der Waals surface area contributed by atoms with Crippen LogP contribution in [0.1, 0.15) is 27.0 Å². The predicted molar refractivity (Wildman–Crippen MR) is 107 cm³/mol. The molecule has 0 saturated carbocycles. The Morgan fingerprint density at radius 3 is 2.42 bits per heavy atom. The Hall–Kier alpha value is -3.14. The Morgan fingerprint density at radius 2 is 1.77 bits per heavy atom. The molecule has 0 fully saturated rings. The summed E-state index contributed by atoms with van der Waals surface area (Å²) in [6.45, 7) is 4.82. The number of carbonyl (C=O) groups excluding carboxylic acids is 1. The van der Waals surface area contributed by atoms with E-state index in [9.17, 15) is 4.79 Å². The molecule has 26 heavy (non-hydrogen) atoms. The first kappa shape index (κ1) is 17.7. The molecule has 0 atom stereocenters. The van der Waals surface area contributed by atoms with Crippen molar-refractivity contribution in [1.29, 1.82) is 0 Å². The van der Waals surface area contributed by atoms with E-state index in [1.165, 1.54) is 11.1 Å². The monoisotopic (exact) mass is 345 g/mol. The van der Waals surface area contributed by atoms with E-state index >= 15 is 0 Å². The number of pyridine rings is 1. The summed E-state index contributed by atoms with van der Waals surface area (Å²) >= 11 is 0. The van der Waals surface area contributed by atoms with E-state index in [0.717, 1.165) is 17.9 Å². The molecule has 0 spiro atoms. The quantitative estimate of drug-likeness (QED) is 0.736. The van der Waals surface area contributed by atoms with Gasteiger partial charge in [-0.15, -0.1) is 0 Å². The Morgan fingerprint density at radius 1 is 1.00 bits per heavy atom. The minimum absolute atomic E-state index is 0.125. The van der Waals surface area contributed by atoms with Gasteiger partial charge in [-0.3, -0.25) is 4.79 Å². The van der Waals surface area contributed by atoms with Gasteiger partial charge < -0.3 is 10.2 Å². The normalized spacial score (nSPS) is 10.4. The third-order valence-electron chi connectivity index (χ3n) is 4.43. The maximum Gasteiger partial charge on any atom is 0.255 e. The van der Waals surface area contributed by atoms with Gasteiger partial charge in [0.05, 0.1) is 11.9 Å². The van der Waals surface area contributed by atoms with Crippen molar-refractivity contribution in [3.8, 4) is 0 Å². The Labute approximate surface area is 154 Å². The van der Waals surface area contributed by atoms with Crippen LogP contribution in [0.4, 0.5) is 11.5 Å². The number of amides is 1. The van der Waals surface area contributed by atoms with E-state index in [4.69, 9.17) is 0 Å². The molecule has 0 saturated heterocycles. The SMILES string of the molecule is Cc1ccc(C(=O)Nc2ccc(N(C)Cc3ccccc3)nc2)cc1C. The molecule has 1 N–H and O–H groups in total. The highest BCUT2D eigenvalue weighted by Gasteiger charge is 2.08. The fourth-order valence-electron chi connectivity index (χ4n) is 2.71. The molecule has 2 aromatic carbocycles. The van der Waals surface area contributed by atoms with Crippen LogP contribution in [0.25, 0.3) is 0 Å². The summed E-state index contributed by atoms with van der Waals surface area (Å²) < 4.78 is 0. The van der Waals surface area contributed by atoms with Crippen molar-refractivity contribution in [3.05, 3.63) is 89.1 Å². The molecule has 3 rings (SSSR count). The number of anilines is 2. The van der Waals surface area contributed by atoms with Crippen molar-refractivity contribution in [3.63, 3.8) is 0 Å². The fourth-order valence-corrected chi connectivity index (χ4v) is 2.71. The van der Waals surface area contributed by atoms with Crippen molar-refractivity contribution in [2.24, 2.45) is 0 Å². The van der Waals surface area contributed by atoms with Gasteiger partial charge >= 0.3 is 0 Å². The van der Waals surface area contributed by atoms with Gasteiger partial charge in [0.2, 0.25) is 0 Å². The zero-order chi connectivity index (χ0) is 18.5. The summed E-state index contributed by atoms with van der Waals surface area (Å²) in [6.07, 6.45) is 1.69. The molecule has 4 heteroatoms. The third kappa shape index (κ3) is 4.28. The minimum atomic E-state index is -0.125. The smallest absolute Gasteiger partial charge is 0.255 e. The molecular formula is C22H23N3O. The average Bonchev–Trinajstić information content (AvgIpc) is 2.65. The first-order valence-corrected chi connectivity index (χ1v) is 8.62. The lowest BCUT2D eigenvalue weighted by atomic mass is 10.1. The minimum Gasteiger partial charge on any atom is -0.355 e. The first-order valence-electron chi connectivity index (χ1n) is 8.62. The van der Waals surface area contributed by atoms with E-state index in [2.05, 4.69) is 27.3 Å². The van der Waals surface area contributed by atoms with Crippen LogP contribution in [0.2, 0.25) is 0 Å². The summed E-state index contributed by atoms with van der Waals surface area (Å²) in [7, 11) is 2.00. The van der Waals surface area contributed by atoms with Crippen molar-refractivity contribution in [2.75, 3.05) is 17.3 Å². The molecule has 0 aliphatic heterocycles. The zero-order valence-electron chi connectivity index (χ0n) is 15.4. The van der Waals surface area contributed by atoms with E-state index < -0.39 is 0 Å². The summed E-state index contributed by atoms with van der Waals surface area (Å²) in [5.41, 5.74) is 4.84. The number of aromatic nitrogens is 1. The molecule has 4 nitrogen and oxygen atoms in total. The Kier molecular flexibility index (Phi) is 5.32. The van der Waals surface area contributed by atoms with Gasteiger partial charge in [0.1, 0.15) is 5.82 Å². The standard InChI is InChI=1S/C22H23N3O/c1-16-9-10-19(13-17(16)2)22(26)24-20-11-12-21(23-14-20)25(3)15-18-7-5-4-6-8-18/h4-14H,15H2,1-3H3,(H,24,26). The highest BCUT2D eigenvalue weighted by Crippen LogP contribution is 2.17. The maximum atomic E-state index is 12.4. The van der Waals surface area contributed by atoms with Crippen LogP contribution in [-0.2, 0) is 6.54 Å². The van der Waals surface area contributed by atoms with Gasteiger partial charge in [-0.1, -0.05) is 36.4 Å². The van der Waals surface area contributed by atoms with Crippen molar-refractivity contribution < 1.29 is 4.79 Å². The van der Waals surface area contributed by atoms with Crippen LogP contribution in [-0.4, -0.2) is 17.9 Å². The van der Waals surface area contributed by atoms with E-state index in [1.54, 1.807) is 6.20 Å². The van der Waals surface area contributed by atoms with Crippen LogP contribution in [0.15, 0.2) is 66.9 Å². The van der Waals surface area contributed by atoms with Gasteiger partial charge in [-0.25, -0.2) is 4.98 Å². The number of nitrogens with zero attached hydrogens (tertiary/aromatic N) is 2. The summed E-state index contributed by atoms with van der Waals surface area (Å²) in [4.78, 5) is 18.9. The molecule has 1 aromatic heterocycles. The highest BCUT2D eigenvalue weighted by molar-refractivity contribution is 6.04. The van der Waals surface area contributed by atoms with Gasteiger partial charge in [-0.05, 0) is 54.8 Å². The molecule has 0 aliphatic carbocycles. The van der Waals surface area contributed by atoms with Gasteiger partial charge in [-0.2, -0.15) is 0 Å². The lowest BCUT2D eigenvalue weighted by molar-refractivity contribution is 0.102.